The molecule has 1 aromatic heterocycles. The Labute approximate surface area is 83.7 Å². The maximum atomic E-state index is 4.26. The highest BCUT2D eigenvalue weighted by atomic mass is 14.7. The van der Waals surface area contributed by atoms with E-state index < -0.39 is 0 Å². The second kappa shape index (κ2) is 4.18. The van der Waals surface area contributed by atoms with Crippen molar-refractivity contribution in [1.29, 1.82) is 0 Å². The minimum atomic E-state index is 1.06. The molecule has 0 atom stereocenters. The number of pyridine rings is 1. The molecular weight excluding hydrogens is 172 g/mol. The molecule has 1 aliphatic heterocycles. The molecule has 0 radical (unpaired) electrons. The molecule has 0 unspecified atom stereocenters. The average molecular weight is 186 g/mol. The molecular formula is C12H14N2. The van der Waals surface area contributed by atoms with Crippen molar-refractivity contribution in [2.75, 3.05) is 0 Å². The van der Waals surface area contributed by atoms with Crippen LogP contribution in [-0.2, 0) is 0 Å². The highest BCUT2D eigenvalue weighted by molar-refractivity contribution is 5.62. The molecule has 0 saturated heterocycles. The maximum Gasteiger partial charge on any atom is 0.0361 e. The van der Waals surface area contributed by atoms with Crippen LogP contribution in [0.3, 0.4) is 0 Å². The molecule has 0 aromatic carbocycles. The summed E-state index contributed by atoms with van der Waals surface area (Å²) in [6, 6.07) is 2.07. The summed E-state index contributed by atoms with van der Waals surface area (Å²) in [5, 5.41) is 2.42. The monoisotopic (exact) mass is 186 g/mol. The predicted octanol–water partition coefficient (Wildman–Crippen LogP) is 1.24. The maximum absolute atomic E-state index is 4.26. The van der Waals surface area contributed by atoms with Gasteiger partial charge in [0.1, 0.15) is 0 Å². The summed E-state index contributed by atoms with van der Waals surface area (Å²) in [5.41, 5.74) is 1.43. The SMILES string of the molecule is C/C1=c2\ccnc\c2=C\N=CCCC1. The zero-order chi connectivity index (χ0) is 9.80. The number of nitrogens with zero attached hydrogens (tertiary/aromatic N) is 2. The first-order valence-corrected chi connectivity index (χ1v) is 4.99. The Morgan fingerprint density at radius 2 is 2.29 bits per heavy atom. The molecule has 2 rings (SSSR count). The topological polar surface area (TPSA) is 25.2 Å². The van der Waals surface area contributed by atoms with Crippen LogP contribution in [0.2, 0.25) is 0 Å². The number of hydrogen-bond donors (Lipinski definition) is 0. The van der Waals surface area contributed by atoms with Crippen LogP contribution in [0.4, 0.5) is 0 Å². The molecule has 1 aliphatic rings. The van der Waals surface area contributed by atoms with E-state index in [4.69, 9.17) is 0 Å². The van der Waals surface area contributed by atoms with Gasteiger partial charge in [-0.2, -0.15) is 0 Å². The van der Waals surface area contributed by atoms with Gasteiger partial charge in [0.2, 0.25) is 0 Å². The minimum absolute atomic E-state index is 1.06. The van der Waals surface area contributed by atoms with Crippen LogP contribution >= 0.6 is 0 Å². The van der Waals surface area contributed by atoms with Crippen molar-refractivity contribution in [3.63, 3.8) is 0 Å². The molecule has 0 spiro atoms. The molecule has 0 N–H and O–H groups in total. The van der Waals surface area contributed by atoms with Crippen molar-refractivity contribution in [3.05, 3.63) is 28.9 Å². The number of aliphatic imine (C=N–C) groups is 1. The number of hydrogen-bond acceptors (Lipinski definition) is 2. The van der Waals surface area contributed by atoms with Gasteiger partial charge >= 0.3 is 0 Å². The van der Waals surface area contributed by atoms with E-state index in [0.717, 1.165) is 18.1 Å². The zero-order valence-corrected chi connectivity index (χ0v) is 8.40. The second-order valence-corrected chi connectivity index (χ2v) is 3.60. The van der Waals surface area contributed by atoms with E-state index in [1.165, 1.54) is 17.2 Å². The Morgan fingerprint density at radius 1 is 1.36 bits per heavy atom. The lowest BCUT2D eigenvalue weighted by molar-refractivity contribution is 0.908. The van der Waals surface area contributed by atoms with Crippen molar-refractivity contribution in [1.82, 2.24) is 4.98 Å². The molecule has 2 nitrogen and oxygen atoms in total. The fraction of sp³-hybridized carbons (Fsp3) is 0.333. The van der Waals surface area contributed by atoms with E-state index in [0.29, 0.717) is 0 Å². The highest BCUT2D eigenvalue weighted by Gasteiger charge is 1.95. The van der Waals surface area contributed by atoms with Gasteiger partial charge in [-0.05, 0) is 37.5 Å². The second-order valence-electron chi connectivity index (χ2n) is 3.60. The fourth-order valence-corrected chi connectivity index (χ4v) is 1.70. The Kier molecular flexibility index (Phi) is 2.73. The summed E-state index contributed by atoms with van der Waals surface area (Å²) in [7, 11) is 0. The van der Waals surface area contributed by atoms with Crippen LogP contribution in [0.5, 0.6) is 0 Å². The van der Waals surface area contributed by atoms with Crippen LogP contribution in [-0.4, -0.2) is 11.2 Å². The lowest BCUT2D eigenvalue weighted by Gasteiger charge is -1.98. The van der Waals surface area contributed by atoms with Crippen molar-refractivity contribution in [3.8, 4) is 0 Å². The Morgan fingerprint density at radius 3 is 3.21 bits per heavy atom. The summed E-state index contributed by atoms with van der Waals surface area (Å²) in [5.74, 6) is 0. The fourth-order valence-electron chi connectivity index (χ4n) is 1.70. The zero-order valence-electron chi connectivity index (χ0n) is 8.40. The largest absolute Gasteiger partial charge is 0.268 e. The summed E-state index contributed by atoms with van der Waals surface area (Å²) < 4.78 is 0. The third-order valence-electron chi connectivity index (χ3n) is 2.52. The molecule has 0 fully saturated rings. The van der Waals surface area contributed by atoms with Gasteiger partial charge in [-0.15, -0.1) is 0 Å². The van der Waals surface area contributed by atoms with Gasteiger partial charge in [0, 0.05) is 30.0 Å². The van der Waals surface area contributed by atoms with E-state index >= 15 is 0 Å². The summed E-state index contributed by atoms with van der Waals surface area (Å²) >= 11 is 0. The van der Waals surface area contributed by atoms with Crippen LogP contribution in [0.15, 0.2) is 23.5 Å². The standard InChI is InChI=1S/C12H14N2/c1-10-4-2-3-6-13-8-11-9-14-7-5-12(10)11/h5-9H,2-4H2,1H3/b11-8-,12-10-,13-6?. The van der Waals surface area contributed by atoms with Crippen molar-refractivity contribution < 1.29 is 0 Å². The normalized spacial score (nSPS) is 22.5. The predicted molar refractivity (Wildman–Crippen MR) is 59.4 cm³/mol. The third-order valence-corrected chi connectivity index (χ3v) is 2.52. The number of rotatable bonds is 0. The first-order chi connectivity index (χ1) is 6.88. The first-order valence-electron chi connectivity index (χ1n) is 4.99. The molecule has 0 saturated carbocycles. The van der Waals surface area contributed by atoms with E-state index in [2.05, 4.69) is 23.0 Å². The lowest BCUT2D eigenvalue weighted by Crippen LogP contribution is -2.26. The summed E-state index contributed by atoms with van der Waals surface area (Å²) in [6.45, 7) is 2.19. The molecule has 0 bridgehead atoms. The first kappa shape index (κ1) is 9.13. The third kappa shape index (κ3) is 1.90. The van der Waals surface area contributed by atoms with E-state index in [-0.39, 0.29) is 0 Å². The van der Waals surface area contributed by atoms with E-state index in [1.807, 2.05) is 24.8 Å². The molecule has 2 heterocycles. The van der Waals surface area contributed by atoms with Crippen LogP contribution < -0.4 is 10.4 Å². The summed E-state index contributed by atoms with van der Waals surface area (Å²) in [6.07, 6.45) is 11.0. The van der Waals surface area contributed by atoms with Crippen LogP contribution in [0.25, 0.3) is 11.8 Å². The number of fused-ring (bicyclic) bond motifs is 1. The van der Waals surface area contributed by atoms with Gasteiger partial charge in [-0.1, -0.05) is 5.57 Å². The van der Waals surface area contributed by atoms with E-state index in [9.17, 15) is 0 Å². The number of aromatic nitrogens is 1. The molecule has 2 heteroatoms. The van der Waals surface area contributed by atoms with E-state index in [1.54, 1.807) is 0 Å². The molecule has 14 heavy (non-hydrogen) atoms. The smallest absolute Gasteiger partial charge is 0.0361 e. The Hall–Kier alpha value is -1.44. The van der Waals surface area contributed by atoms with Crippen molar-refractivity contribution in [2.45, 2.75) is 26.2 Å². The van der Waals surface area contributed by atoms with Crippen LogP contribution in [0.1, 0.15) is 26.2 Å². The van der Waals surface area contributed by atoms with Gasteiger partial charge in [-0.3, -0.25) is 9.98 Å². The molecule has 1 aromatic rings. The quantitative estimate of drug-likeness (QED) is 0.598. The lowest BCUT2D eigenvalue weighted by atomic mass is 10.1. The van der Waals surface area contributed by atoms with Crippen LogP contribution in [0, 0.1) is 0 Å². The van der Waals surface area contributed by atoms with Gasteiger partial charge < -0.3 is 0 Å². The van der Waals surface area contributed by atoms with Crippen molar-refractivity contribution in [2.24, 2.45) is 4.99 Å². The average Bonchev–Trinajstić information content (AvgIpc) is 2.30. The van der Waals surface area contributed by atoms with Gasteiger partial charge in [-0.25, -0.2) is 0 Å². The Balaban J connectivity index is 2.71. The molecule has 72 valence electrons. The molecule has 0 amide bonds. The minimum Gasteiger partial charge on any atom is -0.268 e. The van der Waals surface area contributed by atoms with Gasteiger partial charge in [0.25, 0.3) is 0 Å². The highest BCUT2D eigenvalue weighted by Crippen LogP contribution is 2.04. The van der Waals surface area contributed by atoms with Gasteiger partial charge in [0.05, 0.1) is 0 Å². The molecule has 0 aliphatic carbocycles. The van der Waals surface area contributed by atoms with Gasteiger partial charge in [0.15, 0.2) is 0 Å². The summed E-state index contributed by atoms with van der Waals surface area (Å²) in [4.78, 5) is 8.38. The Bertz CT molecular complexity index is 457. The van der Waals surface area contributed by atoms with Crippen molar-refractivity contribution >= 4 is 18.0 Å².